The molecule has 39 heavy (non-hydrogen) atoms. The van der Waals surface area contributed by atoms with Crippen LogP contribution in [-0.4, -0.2) is 58.7 Å². The second-order valence-electron chi connectivity index (χ2n) is 9.37. The normalized spacial score (nSPS) is 15.8. The molecule has 10 nitrogen and oxygen atoms in total. The summed E-state index contributed by atoms with van der Waals surface area (Å²) in [7, 11) is -3.74. The zero-order valence-electron chi connectivity index (χ0n) is 20.7. The summed E-state index contributed by atoms with van der Waals surface area (Å²) in [5.74, 6) is 0.549. The van der Waals surface area contributed by atoms with Crippen molar-refractivity contribution in [2.45, 2.75) is 17.4 Å². The number of aliphatic hydroxyl groups excluding tert-OH is 1. The van der Waals surface area contributed by atoms with Gasteiger partial charge in [0.1, 0.15) is 11.2 Å². The summed E-state index contributed by atoms with van der Waals surface area (Å²) < 4.78 is 33.0. The largest absolute Gasteiger partial charge is 0.444 e. The second-order valence-corrected chi connectivity index (χ2v) is 12.3. The van der Waals surface area contributed by atoms with Gasteiger partial charge in [0.05, 0.1) is 22.9 Å². The molecular weight excluding hydrogens is 586 g/mol. The van der Waals surface area contributed by atoms with Gasteiger partial charge in [0.15, 0.2) is 22.0 Å². The third-order valence-corrected chi connectivity index (χ3v) is 8.25. The fourth-order valence-electron chi connectivity index (χ4n) is 4.83. The maximum atomic E-state index is 13.8. The molecule has 1 N–H and O–H groups in total. The SMILES string of the molecule is CS(=O)(=O)c1ccc(N2CC[C@H](O)C2)cc1-n1nc(-c2cc(Br)cc(-c3cnco3)c2)c2cccnc2c1=O. The van der Waals surface area contributed by atoms with Crippen molar-refractivity contribution in [2.75, 3.05) is 24.2 Å². The minimum Gasteiger partial charge on any atom is -0.444 e. The molecule has 1 aliphatic rings. The van der Waals surface area contributed by atoms with Gasteiger partial charge < -0.3 is 14.4 Å². The highest BCUT2D eigenvalue weighted by Gasteiger charge is 2.25. The fraction of sp³-hybridized carbons (Fsp3) is 0.185. The van der Waals surface area contributed by atoms with Crippen molar-refractivity contribution in [2.24, 2.45) is 0 Å². The number of sulfone groups is 1. The summed E-state index contributed by atoms with van der Waals surface area (Å²) in [5, 5.41) is 15.3. The van der Waals surface area contributed by atoms with Gasteiger partial charge in [0.25, 0.3) is 5.56 Å². The molecule has 12 heteroatoms. The molecule has 4 heterocycles. The van der Waals surface area contributed by atoms with Crippen molar-refractivity contribution < 1.29 is 17.9 Å². The Kier molecular flexibility index (Phi) is 6.32. The molecule has 1 fully saturated rings. The summed E-state index contributed by atoms with van der Waals surface area (Å²) in [6, 6.07) is 13.8. The van der Waals surface area contributed by atoms with Crippen LogP contribution >= 0.6 is 15.9 Å². The Balaban J connectivity index is 1.63. The van der Waals surface area contributed by atoms with Crippen molar-refractivity contribution in [3.63, 3.8) is 0 Å². The molecule has 0 aliphatic carbocycles. The molecule has 1 saturated heterocycles. The van der Waals surface area contributed by atoms with Crippen LogP contribution in [0.4, 0.5) is 5.69 Å². The standard InChI is InChI=1S/C27H22BrN5O5S/c1-39(36,37)24-5-4-19(32-8-6-20(34)14-32)12-22(24)33-27(35)26-21(3-2-7-30-26)25(31-33)17-9-16(10-18(28)11-17)23-13-29-15-38-23/h2-5,7,9-13,15,20,34H,6,8,14H2,1H3/t20-/m0/s1. The van der Waals surface area contributed by atoms with E-state index in [0.717, 1.165) is 21.0 Å². The van der Waals surface area contributed by atoms with Crippen LogP contribution in [0.2, 0.25) is 0 Å². The molecule has 0 spiro atoms. The van der Waals surface area contributed by atoms with Gasteiger partial charge in [0.2, 0.25) is 0 Å². The maximum absolute atomic E-state index is 13.8. The van der Waals surface area contributed by atoms with Crippen LogP contribution in [0, 0.1) is 0 Å². The lowest BCUT2D eigenvalue weighted by Crippen LogP contribution is -2.26. The third-order valence-electron chi connectivity index (χ3n) is 6.64. The van der Waals surface area contributed by atoms with E-state index in [0.29, 0.717) is 47.6 Å². The number of hydrogen-bond donors (Lipinski definition) is 1. The number of hydrogen-bond acceptors (Lipinski definition) is 9. The first kappa shape index (κ1) is 25.4. The molecule has 198 valence electrons. The highest BCUT2D eigenvalue weighted by molar-refractivity contribution is 9.10. The quantitative estimate of drug-likeness (QED) is 0.316. The lowest BCUT2D eigenvalue weighted by atomic mass is 10.0. The van der Waals surface area contributed by atoms with Gasteiger partial charge in [0, 0.05) is 52.2 Å². The molecule has 2 aromatic carbocycles. The number of rotatable bonds is 5. The molecule has 1 atom stereocenters. The van der Waals surface area contributed by atoms with Crippen molar-refractivity contribution in [1.82, 2.24) is 19.7 Å². The zero-order valence-corrected chi connectivity index (χ0v) is 23.1. The van der Waals surface area contributed by atoms with E-state index in [9.17, 15) is 18.3 Å². The Labute approximate surface area is 231 Å². The number of fused-ring (bicyclic) bond motifs is 1. The van der Waals surface area contributed by atoms with Crippen molar-refractivity contribution in [3.8, 4) is 28.3 Å². The number of aromatic nitrogens is 4. The minimum absolute atomic E-state index is 0.0431. The summed E-state index contributed by atoms with van der Waals surface area (Å²) in [4.78, 5) is 24.0. The van der Waals surface area contributed by atoms with Gasteiger partial charge in [-0.15, -0.1) is 0 Å². The Morgan fingerprint density at radius 2 is 1.95 bits per heavy atom. The first-order chi connectivity index (χ1) is 18.7. The Morgan fingerprint density at radius 3 is 2.67 bits per heavy atom. The molecule has 6 rings (SSSR count). The van der Waals surface area contributed by atoms with E-state index in [2.05, 4.69) is 25.9 Å². The predicted octanol–water partition coefficient (Wildman–Crippen LogP) is 3.84. The molecule has 0 amide bonds. The average Bonchev–Trinajstić information content (AvgIpc) is 3.60. The Bertz CT molecular complexity index is 1890. The Morgan fingerprint density at radius 1 is 1.13 bits per heavy atom. The zero-order chi connectivity index (χ0) is 27.3. The molecular formula is C27H22BrN5O5S. The van der Waals surface area contributed by atoms with Crippen LogP contribution in [0.5, 0.6) is 0 Å². The van der Waals surface area contributed by atoms with Crippen LogP contribution in [0.25, 0.3) is 39.2 Å². The van der Waals surface area contributed by atoms with E-state index in [1.807, 2.05) is 23.1 Å². The van der Waals surface area contributed by atoms with Gasteiger partial charge in [-0.1, -0.05) is 15.9 Å². The summed E-state index contributed by atoms with van der Waals surface area (Å²) >= 11 is 3.55. The highest BCUT2D eigenvalue weighted by Crippen LogP contribution is 2.33. The van der Waals surface area contributed by atoms with Gasteiger partial charge >= 0.3 is 0 Å². The number of oxazole rings is 1. The minimum atomic E-state index is -3.74. The van der Waals surface area contributed by atoms with Gasteiger partial charge in [-0.25, -0.2) is 13.4 Å². The smallest absolute Gasteiger partial charge is 0.298 e. The first-order valence-electron chi connectivity index (χ1n) is 12.0. The molecule has 0 saturated carbocycles. The molecule has 1 aliphatic heterocycles. The molecule has 3 aromatic heterocycles. The topological polar surface area (TPSA) is 131 Å². The van der Waals surface area contributed by atoms with E-state index in [1.165, 1.54) is 18.7 Å². The van der Waals surface area contributed by atoms with E-state index >= 15 is 0 Å². The molecule has 5 aromatic rings. The van der Waals surface area contributed by atoms with Crippen LogP contribution < -0.4 is 10.5 Å². The van der Waals surface area contributed by atoms with Gasteiger partial charge in [-0.2, -0.15) is 9.78 Å². The second kappa shape index (κ2) is 9.70. The third kappa shape index (κ3) is 4.75. The van der Waals surface area contributed by atoms with Crippen LogP contribution in [-0.2, 0) is 9.84 Å². The summed E-state index contributed by atoms with van der Waals surface area (Å²) in [5.41, 5.74) is 2.21. The number of anilines is 1. The Hall–Kier alpha value is -3.87. The summed E-state index contributed by atoms with van der Waals surface area (Å²) in [6.45, 7) is 1.01. The van der Waals surface area contributed by atoms with Crippen LogP contribution in [0.15, 0.2) is 85.9 Å². The van der Waals surface area contributed by atoms with Crippen molar-refractivity contribution in [3.05, 3.63) is 82.1 Å². The lowest BCUT2D eigenvalue weighted by molar-refractivity contribution is 0.198. The molecule has 0 radical (unpaired) electrons. The highest BCUT2D eigenvalue weighted by atomic mass is 79.9. The van der Waals surface area contributed by atoms with Crippen molar-refractivity contribution in [1.29, 1.82) is 0 Å². The van der Waals surface area contributed by atoms with Crippen LogP contribution in [0.1, 0.15) is 6.42 Å². The average molecular weight is 608 g/mol. The fourth-order valence-corrected chi connectivity index (χ4v) is 6.16. The van der Waals surface area contributed by atoms with E-state index in [-0.39, 0.29) is 16.1 Å². The predicted molar refractivity (Wildman–Crippen MR) is 150 cm³/mol. The first-order valence-corrected chi connectivity index (χ1v) is 14.7. The summed E-state index contributed by atoms with van der Waals surface area (Å²) in [6.07, 6.45) is 5.66. The number of β-amino-alcohol motifs (C(OH)–C–C–N with tert-alkyl or cyclic N) is 1. The number of benzene rings is 2. The number of aliphatic hydroxyl groups is 1. The van der Waals surface area contributed by atoms with E-state index in [1.54, 1.807) is 30.5 Å². The monoisotopic (exact) mass is 607 g/mol. The number of halogens is 1. The maximum Gasteiger partial charge on any atom is 0.298 e. The lowest BCUT2D eigenvalue weighted by Gasteiger charge is -2.20. The van der Waals surface area contributed by atoms with Crippen molar-refractivity contribution >= 4 is 42.4 Å². The number of nitrogens with zero attached hydrogens (tertiary/aromatic N) is 5. The van der Waals surface area contributed by atoms with E-state index in [4.69, 9.17) is 9.52 Å². The number of pyridine rings is 1. The van der Waals surface area contributed by atoms with Gasteiger partial charge in [-0.3, -0.25) is 9.78 Å². The molecule has 0 unspecified atom stereocenters. The van der Waals surface area contributed by atoms with E-state index < -0.39 is 21.5 Å². The van der Waals surface area contributed by atoms with Crippen LogP contribution in [0.3, 0.4) is 0 Å². The van der Waals surface area contributed by atoms with Gasteiger partial charge in [-0.05, 0) is 55.0 Å². The molecule has 0 bridgehead atoms.